The van der Waals surface area contributed by atoms with Gasteiger partial charge in [0.05, 0.1) is 0 Å². The fraction of sp³-hybridized carbons (Fsp3) is 0.750. The maximum Gasteiger partial charge on any atom is 0.425 e. The molecule has 0 aliphatic rings. The molecule has 0 aliphatic carbocycles. The van der Waals surface area contributed by atoms with Gasteiger partial charge in [-0.05, 0) is 0 Å². The summed E-state index contributed by atoms with van der Waals surface area (Å²) in [4.78, 5) is 0. The molecular weight excluding hydrogens is 379 g/mol. The zero-order chi connectivity index (χ0) is 18.3. The van der Waals surface area contributed by atoms with E-state index in [2.05, 4.69) is 11.6 Å². The summed E-state index contributed by atoms with van der Waals surface area (Å²) in [5.41, 5.74) is 0. The molecule has 0 rings (SSSR count). The molecule has 0 saturated carbocycles. The first kappa shape index (κ1) is 21.1. The van der Waals surface area contributed by atoms with E-state index in [1.54, 1.807) is 0 Å². The van der Waals surface area contributed by atoms with Crippen molar-refractivity contribution < 1.29 is 57.1 Å². The van der Waals surface area contributed by atoms with Gasteiger partial charge in [0.25, 0.3) is 12.3 Å². The van der Waals surface area contributed by atoms with Gasteiger partial charge in [0.15, 0.2) is 0 Å². The highest BCUT2D eigenvalue weighted by Crippen LogP contribution is 2.54. The molecule has 0 radical (unpaired) electrons. The van der Waals surface area contributed by atoms with Crippen molar-refractivity contribution in [2.45, 2.75) is 36.3 Å². The molecule has 132 valence electrons. The molecule has 0 aromatic carbocycles. The summed E-state index contributed by atoms with van der Waals surface area (Å²) in [6.45, 7) is 0. The SMILES string of the molecule is FC(F)=C(Cl)C(F)C(F)(F)C(F)(F)C(F)(F)C(F)C(F)(F)F. The van der Waals surface area contributed by atoms with Gasteiger partial charge in [0, 0.05) is 0 Å². The Morgan fingerprint density at radius 2 is 1.09 bits per heavy atom. The van der Waals surface area contributed by atoms with Gasteiger partial charge in [-0.15, -0.1) is 0 Å². The molecule has 0 aromatic heterocycles. The number of hydrogen-bond acceptors (Lipinski definition) is 0. The largest absolute Gasteiger partial charge is 0.425 e. The molecule has 2 unspecified atom stereocenters. The topological polar surface area (TPSA) is 0 Å². The molecule has 0 aromatic rings. The summed E-state index contributed by atoms with van der Waals surface area (Å²) in [6, 6.07) is 0. The van der Waals surface area contributed by atoms with Crippen molar-refractivity contribution in [2.24, 2.45) is 0 Å². The number of alkyl halides is 11. The molecule has 0 N–H and O–H groups in total. The lowest BCUT2D eigenvalue weighted by atomic mass is 9.96. The third kappa shape index (κ3) is 3.38. The summed E-state index contributed by atoms with van der Waals surface area (Å²) < 4.78 is 160. The lowest BCUT2D eigenvalue weighted by molar-refractivity contribution is -0.362. The summed E-state index contributed by atoms with van der Waals surface area (Å²) in [5, 5.41) is -2.94. The molecule has 0 aliphatic heterocycles. The third-order valence-corrected chi connectivity index (χ3v) is 2.50. The van der Waals surface area contributed by atoms with E-state index in [0.717, 1.165) is 0 Å². The van der Waals surface area contributed by atoms with Crippen molar-refractivity contribution in [1.82, 2.24) is 0 Å². The molecule has 2 atom stereocenters. The van der Waals surface area contributed by atoms with Crippen LogP contribution < -0.4 is 0 Å². The summed E-state index contributed by atoms with van der Waals surface area (Å²) in [5.74, 6) is -21.4. The summed E-state index contributed by atoms with van der Waals surface area (Å²) in [6.07, 6.45) is -21.0. The van der Waals surface area contributed by atoms with E-state index in [1.165, 1.54) is 0 Å². The minimum atomic E-state index is -7.33. The third-order valence-electron chi connectivity index (χ3n) is 2.16. The fourth-order valence-corrected chi connectivity index (χ4v) is 1.14. The Kier molecular flexibility index (Phi) is 5.72. The van der Waals surface area contributed by atoms with E-state index in [4.69, 9.17) is 0 Å². The first-order valence-corrected chi connectivity index (χ1v) is 4.99. The van der Waals surface area contributed by atoms with Crippen LogP contribution in [0.5, 0.6) is 0 Å². The van der Waals surface area contributed by atoms with Crippen molar-refractivity contribution in [3.05, 3.63) is 11.1 Å². The van der Waals surface area contributed by atoms with Gasteiger partial charge < -0.3 is 0 Å². The second kappa shape index (κ2) is 5.96. The van der Waals surface area contributed by atoms with Crippen molar-refractivity contribution in [3.63, 3.8) is 0 Å². The van der Waals surface area contributed by atoms with Crippen molar-refractivity contribution in [1.29, 1.82) is 0 Å². The monoisotopic (exact) mass is 380 g/mol. The van der Waals surface area contributed by atoms with Gasteiger partial charge >= 0.3 is 23.9 Å². The van der Waals surface area contributed by atoms with Gasteiger partial charge in [0.2, 0.25) is 6.17 Å². The maximum atomic E-state index is 12.9. The zero-order valence-electron chi connectivity index (χ0n) is 9.45. The maximum absolute atomic E-state index is 12.9. The van der Waals surface area contributed by atoms with Gasteiger partial charge in [-0.2, -0.15) is 48.3 Å². The average molecular weight is 381 g/mol. The van der Waals surface area contributed by atoms with Crippen LogP contribution in [0.4, 0.5) is 57.1 Å². The predicted molar refractivity (Wildman–Crippen MR) is 45.8 cm³/mol. The fourth-order valence-electron chi connectivity index (χ4n) is 1.00. The molecule has 0 nitrogen and oxygen atoms in total. The second-order valence-electron chi connectivity index (χ2n) is 3.70. The van der Waals surface area contributed by atoms with Crippen LogP contribution in [0.15, 0.2) is 11.1 Å². The van der Waals surface area contributed by atoms with Crippen LogP contribution in [0.3, 0.4) is 0 Å². The van der Waals surface area contributed by atoms with Crippen LogP contribution >= 0.6 is 11.6 Å². The normalized spacial score (nSPS) is 17.2. The smallest absolute Gasteiger partial charge is 0.234 e. The van der Waals surface area contributed by atoms with Gasteiger partial charge in [0.1, 0.15) is 5.03 Å². The molecule has 0 bridgehead atoms. The van der Waals surface area contributed by atoms with Gasteiger partial charge in [-0.1, -0.05) is 11.6 Å². The van der Waals surface area contributed by atoms with E-state index >= 15 is 0 Å². The quantitative estimate of drug-likeness (QED) is 0.554. The van der Waals surface area contributed by atoms with E-state index in [0.29, 0.717) is 0 Å². The lowest BCUT2D eigenvalue weighted by Crippen LogP contribution is -2.64. The Bertz CT molecular complexity index is 432. The van der Waals surface area contributed by atoms with Crippen LogP contribution in [0, 0.1) is 0 Å². The highest BCUT2D eigenvalue weighted by atomic mass is 35.5. The highest BCUT2D eigenvalue weighted by Gasteiger charge is 2.80. The Balaban J connectivity index is 5.95. The Labute approximate surface area is 117 Å². The van der Waals surface area contributed by atoms with Crippen LogP contribution in [-0.2, 0) is 0 Å². The number of halogens is 14. The molecular formula is C8H2ClF13. The number of rotatable bonds is 5. The molecule has 0 heterocycles. The van der Waals surface area contributed by atoms with Gasteiger partial charge in [-0.3, -0.25) is 0 Å². The zero-order valence-corrected chi connectivity index (χ0v) is 10.2. The Hall–Kier alpha value is -0.880. The number of hydrogen-bond donors (Lipinski definition) is 0. The first-order chi connectivity index (χ1) is 9.42. The summed E-state index contributed by atoms with van der Waals surface area (Å²) in [7, 11) is 0. The van der Waals surface area contributed by atoms with Crippen LogP contribution in [0.2, 0.25) is 0 Å². The minimum absolute atomic E-state index is 2.94. The molecule has 14 heteroatoms. The van der Waals surface area contributed by atoms with Gasteiger partial charge in [-0.25, -0.2) is 8.78 Å². The molecule has 22 heavy (non-hydrogen) atoms. The van der Waals surface area contributed by atoms with Crippen molar-refractivity contribution >= 4 is 11.6 Å². The molecule has 0 saturated heterocycles. The first-order valence-electron chi connectivity index (χ1n) is 4.61. The van der Waals surface area contributed by atoms with Crippen LogP contribution in [0.1, 0.15) is 0 Å². The Morgan fingerprint density at radius 3 is 1.36 bits per heavy atom. The number of allylic oxidation sites excluding steroid dienone is 1. The molecule has 0 amide bonds. The Morgan fingerprint density at radius 1 is 0.727 bits per heavy atom. The van der Waals surface area contributed by atoms with Crippen LogP contribution in [0.25, 0.3) is 0 Å². The predicted octanol–water partition coefficient (Wildman–Crippen LogP) is 5.48. The highest BCUT2D eigenvalue weighted by molar-refractivity contribution is 6.30. The van der Waals surface area contributed by atoms with E-state index in [-0.39, 0.29) is 0 Å². The molecule has 0 spiro atoms. The van der Waals surface area contributed by atoms with E-state index in [1.807, 2.05) is 0 Å². The van der Waals surface area contributed by atoms with Crippen molar-refractivity contribution in [3.8, 4) is 0 Å². The van der Waals surface area contributed by atoms with Crippen molar-refractivity contribution in [2.75, 3.05) is 0 Å². The standard InChI is InChI=1S/C8H2ClF13/c9-1(3(11)12)2(10)5(14,15)8(21,22)6(16,17)4(13)7(18,19)20/h2,4H. The average Bonchev–Trinajstić information content (AvgIpc) is 2.33. The van der Waals surface area contributed by atoms with E-state index in [9.17, 15) is 57.1 Å². The lowest BCUT2D eigenvalue weighted by Gasteiger charge is -2.35. The summed E-state index contributed by atoms with van der Waals surface area (Å²) >= 11 is 4.16. The van der Waals surface area contributed by atoms with Crippen LogP contribution in [-0.4, -0.2) is 36.3 Å². The van der Waals surface area contributed by atoms with E-state index < -0.39 is 47.4 Å². The molecule has 0 fully saturated rings. The minimum Gasteiger partial charge on any atom is -0.234 e. The second-order valence-corrected chi connectivity index (χ2v) is 4.10.